The zero-order valence-electron chi connectivity index (χ0n) is 22.2. The number of fused-ring (bicyclic) bond motifs is 2. The molecule has 0 radical (unpaired) electrons. The number of hydrogen-bond acceptors (Lipinski definition) is 7. The lowest BCUT2D eigenvalue weighted by molar-refractivity contribution is 0.0948. The molecule has 3 heterocycles. The van der Waals surface area contributed by atoms with Crippen molar-refractivity contribution in [3.8, 4) is 0 Å². The van der Waals surface area contributed by atoms with Crippen LogP contribution in [-0.4, -0.2) is 69.1 Å². The van der Waals surface area contributed by atoms with Gasteiger partial charge in [0.15, 0.2) is 0 Å². The van der Waals surface area contributed by atoms with Crippen LogP contribution in [0.1, 0.15) is 39.1 Å². The van der Waals surface area contributed by atoms with E-state index >= 15 is 0 Å². The third-order valence-electron chi connectivity index (χ3n) is 7.23. The smallest absolute Gasteiger partial charge is 0.260 e. The van der Waals surface area contributed by atoms with E-state index in [-0.39, 0.29) is 11.8 Å². The molecule has 0 bridgehead atoms. The number of benzene rings is 2. The fourth-order valence-electron chi connectivity index (χ4n) is 5.11. The SMILES string of the molecule is COCc1cc(C(=O)NCCN2CCCC2)ccc1Nc1cc2c(cn1)N(C)C(=O)c1ccccc1N2C. The van der Waals surface area contributed by atoms with Crippen LogP contribution in [0.25, 0.3) is 0 Å². The first-order valence-electron chi connectivity index (χ1n) is 13.0. The van der Waals surface area contributed by atoms with Gasteiger partial charge in [-0.15, -0.1) is 0 Å². The highest BCUT2D eigenvalue weighted by Crippen LogP contribution is 2.40. The molecule has 9 nitrogen and oxygen atoms in total. The lowest BCUT2D eigenvalue weighted by Crippen LogP contribution is -2.33. The normalized spacial score (nSPS) is 15.2. The molecule has 2 aromatic carbocycles. The number of hydrogen-bond donors (Lipinski definition) is 2. The first-order valence-corrected chi connectivity index (χ1v) is 13.0. The monoisotopic (exact) mass is 514 g/mol. The van der Waals surface area contributed by atoms with Gasteiger partial charge >= 0.3 is 0 Å². The number of nitrogens with one attached hydrogen (secondary N) is 2. The lowest BCUT2D eigenvalue weighted by Gasteiger charge is -2.23. The van der Waals surface area contributed by atoms with Gasteiger partial charge in [0, 0.05) is 57.2 Å². The third-order valence-corrected chi connectivity index (χ3v) is 7.23. The van der Waals surface area contributed by atoms with Gasteiger partial charge in [0.25, 0.3) is 11.8 Å². The second-order valence-corrected chi connectivity index (χ2v) is 9.73. The Hall–Kier alpha value is -3.95. The van der Waals surface area contributed by atoms with E-state index in [1.807, 2.05) is 60.5 Å². The van der Waals surface area contributed by atoms with Crippen LogP contribution in [0.5, 0.6) is 0 Å². The maximum Gasteiger partial charge on any atom is 0.260 e. The number of amides is 2. The molecular weight excluding hydrogens is 480 g/mol. The van der Waals surface area contributed by atoms with E-state index in [0.29, 0.717) is 30.1 Å². The average molecular weight is 515 g/mol. The van der Waals surface area contributed by atoms with E-state index < -0.39 is 0 Å². The number of nitrogens with zero attached hydrogens (tertiary/aromatic N) is 4. The Morgan fingerprint density at radius 2 is 1.79 bits per heavy atom. The zero-order chi connectivity index (χ0) is 26.6. The first kappa shape index (κ1) is 25.7. The minimum Gasteiger partial charge on any atom is -0.380 e. The van der Waals surface area contributed by atoms with Gasteiger partial charge in [-0.25, -0.2) is 4.98 Å². The molecule has 1 saturated heterocycles. The van der Waals surface area contributed by atoms with Crippen molar-refractivity contribution in [2.24, 2.45) is 0 Å². The fourth-order valence-corrected chi connectivity index (χ4v) is 5.11. The van der Waals surface area contributed by atoms with Gasteiger partial charge in [0.05, 0.1) is 35.4 Å². The predicted octanol–water partition coefficient (Wildman–Crippen LogP) is 4.16. The standard InChI is InChI=1S/C29H34N6O3/c1-33-24-9-5-4-8-22(24)29(37)34(2)26-18-31-27(17-25(26)33)32-23-11-10-20(16-21(23)19-38-3)28(36)30-12-15-35-13-6-7-14-35/h4-5,8-11,16-18H,6-7,12-15,19H2,1-3H3,(H,30,36)(H,31,32). The highest BCUT2D eigenvalue weighted by Gasteiger charge is 2.27. The first-order chi connectivity index (χ1) is 18.5. The summed E-state index contributed by atoms with van der Waals surface area (Å²) in [6.07, 6.45) is 4.18. The Morgan fingerprint density at radius 1 is 1.00 bits per heavy atom. The predicted molar refractivity (Wildman–Crippen MR) is 150 cm³/mol. The van der Waals surface area contributed by atoms with Crippen molar-refractivity contribution in [1.82, 2.24) is 15.2 Å². The molecular formula is C29H34N6O3. The molecule has 198 valence electrons. The Kier molecular flexibility index (Phi) is 7.57. The van der Waals surface area contributed by atoms with Gasteiger partial charge in [-0.3, -0.25) is 9.59 Å². The molecule has 2 N–H and O–H groups in total. The van der Waals surface area contributed by atoms with Gasteiger partial charge in [0.1, 0.15) is 5.82 Å². The molecule has 3 aromatic rings. The molecule has 2 aliphatic heterocycles. The summed E-state index contributed by atoms with van der Waals surface area (Å²) in [6, 6.07) is 15.0. The lowest BCUT2D eigenvalue weighted by atomic mass is 10.1. The number of methoxy groups -OCH3 is 1. The maximum absolute atomic E-state index is 13.1. The van der Waals surface area contributed by atoms with Crippen molar-refractivity contribution >= 4 is 40.4 Å². The summed E-state index contributed by atoms with van der Waals surface area (Å²) in [5.74, 6) is 0.450. The second kappa shape index (κ2) is 11.2. The van der Waals surface area contributed by atoms with Crippen LogP contribution in [0.4, 0.5) is 28.6 Å². The van der Waals surface area contributed by atoms with Crippen LogP contribution < -0.4 is 20.4 Å². The molecule has 9 heteroatoms. The largest absolute Gasteiger partial charge is 0.380 e. The van der Waals surface area contributed by atoms with E-state index in [2.05, 4.69) is 20.5 Å². The number of ether oxygens (including phenoxy) is 1. The molecule has 2 aliphatic rings. The molecule has 1 aromatic heterocycles. The zero-order valence-corrected chi connectivity index (χ0v) is 22.2. The van der Waals surface area contributed by atoms with E-state index in [0.717, 1.165) is 47.9 Å². The van der Waals surface area contributed by atoms with E-state index in [1.165, 1.54) is 12.8 Å². The van der Waals surface area contributed by atoms with Crippen LogP contribution >= 0.6 is 0 Å². The summed E-state index contributed by atoms with van der Waals surface area (Å²) in [5, 5.41) is 6.42. The van der Waals surface area contributed by atoms with Crippen molar-refractivity contribution in [2.45, 2.75) is 19.4 Å². The Bertz CT molecular complexity index is 1340. The second-order valence-electron chi connectivity index (χ2n) is 9.73. The number of likely N-dealkylation sites (tertiary alicyclic amines) is 1. The summed E-state index contributed by atoms with van der Waals surface area (Å²) in [4.78, 5) is 36.5. The molecule has 0 saturated carbocycles. The quantitative estimate of drug-likeness (QED) is 0.467. The van der Waals surface area contributed by atoms with Crippen molar-refractivity contribution < 1.29 is 14.3 Å². The molecule has 38 heavy (non-hydrogen) atoms. The highest BCUT2D eigenvalue weighted by atomic mass is 16.5. The Balaban J connectivity index is 1.36. The molecule has 0 atom stereocenters. The number of carbonyl (C=O) groups is 2. The van der Waals surface area contributed by atoms with Gasteiger partial charge in [-0.05, 0) is 56.3 Å². The van der Waals surface area contributed by atoms with Crippen molar-refractivity contribution in [2.75, 3.05) is 62.5 Å². The maximum atomic E-state index is 13.1. The summed E-state index contributed by atoms with van der Waals surface area (Å²) < 4.78 is 5.43. The van der Waals surface area contributed by atoms with Gasteiger partial charge in [-0.2, -0.15) is 0 Å². The minimum absolute atomic E-state index is 0.0783. The number of carbonyl (C=O) groups excluding carboxylic acids is 2. The molecule has 1 fully saturated rings. The molecule has 2 amide bonds. The average Bonchev–Trinajstić information content (AvgIpc) is 3.44. The molecule has 0 aliphatic carbocycles. The molecule has 0 spiro atoms. The topological polar surface area (TPSA) is 90.0 Å². The van der Waals surface area contributed by atoms with Crippen LogP contribution in [0.2, 0.25) is 0 Å². The minimum atomic E-state index is -0.0933. The summed E-state index contributed by atoms with van der Waals surface area (Å²) in [7, 11) is 5.34. The van der Waals surface area contributed by atoms with Gasteiger partial charge in [0.2, 0.25) is 0 Å². The van der Waals surface area contributed by atoms with Gasteiger partial charge in [-0.1, -0.05) is 12.1 Å². The van der Waals surface area contributed by atoms with E-state index in [1.54, 1.807) is 25.3 Å². The van der Waals surface area contributed by atoms with Gasteiger partial charge < -0.3 is 30.1 Å². The highest BCUT2D eigenvalue weighted by molar-refractivity contribution is 6.13. The van der Waals surface area contributed by atoms with E-state index in [9.17, 15) is 9.59 Å². The number of pyridine rings is 1. The van der Waals surface area contributed by atoms with Crippen molar-refractivity contribution in [3.05, 3.63) is 71.4 Å². The summed E-state index contributed by atoms with van der Waals surface area (Å²) >= 11 is 0. The van der Waals surface area contributed by atoms with Crippen LogP contribution in [0.15, 0.2) is 54.7 Å². The molecule has 0 unspecified atom stereocenters. The Morgan fingerprint density at radius 3 is 2.58 bits per heavy atom. The number of para-hydroxylation sites is 1. The third kappa shape index (κ3) is 5.20. The van der Waals surface area contributed by atoms with Crippen LogP contribution in [-0.2, 0) is 11.3 Å². The number of aromatic nitrogens is 1. The Labute approximate surface area is 223 Å². The fraction of sp³-hybridized carbons (Fsp3) is 0.345. The van der Waals surface area contributed by atoms with Crippen LogP contribution in [0, 0.1) is 0 Å². The van der Waals surface area contributed by atoms with Crippen molar-refractivity contribution in [3.63, 3.8) is 0 Å². The van der Waals surface area contributed by atoms with E-state index in [4.69, 9.17) is 4.74 Å². The summed E-state index contributed by atoms with van der Waals surface area (Å²) in [5.41, 5.74) is 5.29. The summed E-state index contributed by atoms with van der Waals surface area (Å²) in [6.45, 7) is 4.07. The number of rotatable bonds is 8. The molecule has 5 rings (SSSR count). The van der Waals surface area contributed by atoms with Crippen LogP contribution in [0.3, 0.4) is 0 Å². The van der Waals surface area contributed by atoms with Crippen molar-refractivity contribution in [1.29, 1.82) is 0 Å². The number of anilines is 5.